The van der Waals surface area contributed by atoms with Gasteiger partial charge in [0.2, 0.25) is 0 Å². The van der Waals surface area contributed by atoms with E-state index in [-0.39, 0.29) is 21.7 Å². The molecule has 2 aliphatic carbocycles. The van der Waals surface area contributed by atoms with Crippen molar-refractivity contribution in [3.8, 4) is 39.3 Å². The highest BCUT2D eigenvalue weighted by Gasteiger charge is 2.39. The number of hydrogen-bond acceptors (Lipinski definition) is 3. The lowest BCUT2D eigenvalue weighted by molar-refractivity contribution is 0.332. The predicted octanol–water partition coefficient (Wildman–Crippen LogP) is 16.2. The number of nitrogens with zero attached hydrogens (tertiary/aromatic N) is 1. The van der Waals surface area contributed by atoms with Crippen molar-refractivity contribution in [2.24, 2.45) is 0 Å². The second kappa shape index (κ2) is 14.0. The molecule has 0 amide bonds. The number of aromatic nitrogens is 1. The first-order chi connectivity index (χ1) is 33.5. The second-order valence-corrected chi connectivity index (χ2v) is 23.7. The maximum absolute atomic E-state index is 6.96. The van der Waals surface area contributed by atoms with Crippen molar-refractivity contribution < 1.29 is 8.83 Å². The van der Waals surface area contributed by atoms with Crippen LogP contribution < -0.4 is 16.2 Å². The highest BCUT2D eigenvalue weighted by Crippen LogP contribution is 2.53. The van der Waals surface area contributed by atoms with Crippen molar-refractivity contribution in [1.29, 1.82) is 0 Å². The third-order valence-electron chi connectivity index (χ3n) is 17.0. The molecule has 11 aromatic rings. The summed E-state index contributed by atoms with van der Waals surface area (Å²) in [6.07, 6.45) is 2.31. The van der Waals surface area contributed by atoms with Crippen LogP contribution in [0.4, 0.5) is 11.4 Å². The molecule has 1 aliphatic heterocycles. The van der Waals surface area contributed by atoms with Gasteiger partial charge in [-0.05, 0) is 140 Å². The minimum Gasteiger partial charge on any atom is -0.456 e. The van der Waals surface area contributed by atoms with Gasteiger partial charge in [-0.15, -0.1) is 0 Å². The van der Waals surface area contributed by atoms with Gasteiger partial charge in [0, 0.05) is 66.4 Å². The molecule has 5 heteroatoms. The zero-order chi connectivity index (χ0) is 47.8. The van der Waals surface area contributed by atoms with Crippen molar-refractivity contribution in [2.75, 3.05) is 5.32 Å². The number of rotatable bonds is 4. The minimum absolute atomic E-state index is 0.0512. The highest BCUT2D eigenvalue weighted by atomic mass is 16.3. The summed E-state index contributed by atoms with van der Waals surface area (Å²) in [6.45, 7) is 21.2. The Morgan fingerprint density at radius 1 is 0.543 bits per heavy atom. The molecule has 8 aromatic carbocycles. The van der Waals surface area contributed by atoms with Gasteiger partial charge in [-0.1, -0.05) is 147 Å². The van der Waals surface area contributed by atoms with Crippen molar-refractivity contribution in [3.05, 3.63) is 173 Å². The number of benzene rings is 8. The van der Waals surface area contributed by atoms with Gasteiger partial charge >= 0.3 is 0 Å². The van der Waals surface area contributed by atoms with E-state index in [1.165, 1.54) is 88.3 Å². The molecule has 4 heterocycles. The average molecular weight is 909 g/mol. The van der Waals surface area contributed by atoms with Crippen LogP contribution in [-0.2, 0) is 21.7 Å². The fraction of sp³-hybridized carbons (Fsp3) is 0.231. The number of fused-ring (bicyclic) bond motifs is 13. The van der Waals surface area contributed by atoms with E-state index in [0.29, 0.717) is 0 Å². The minimum atomic E-state index is -0.139. The Balaban J connectivity index is 1.05. The first-order valence-electron chi connectivity index (χ1n) is 25.3. The van der Waals surface area contributed by atoms with Crippen LogP contribution in [0.15, 0.2) is 154 Å². The molecule has 4 nitrogen and oxygen atoms in total. The quantitative estimate of drug-likeness (QED) is 0.179. The summed E-state index contributed by atoms with van der Waals surface area (Å²) in [5, 5.41) is 9.95. The van der Waals surface area contributed by atoms with E-state index < -0.39 is 0 Å². The van der Waals surface area contributed by atoms with Crippen LogP contribution in [0.5, 0.6) is 0 Å². The topological polar surface area (TPSA) is 43.2 Å². The van der Waals surface area contributed by atoms with E-state index in [9.17, 15) is 0 Å². The van der Waals surface area contributed by atoms with Gasteiger partial charge < -0.3 is 18.7 Å². The third kappa shape index (κ3) is 5.90. The number of anilines is 2. The molecule has 3 aliphatic rings. The molecule has 70 heavy (non-hydrogen) atoms. The first-order valence-corrected chi connectivity index (χ1v) is 25.3. The molecule has 0 spiro atoms. The van der Waals surface area contributed by atoms with E-state index in [1.807, 2.05) is 0 Å². The molecular formula is C65H57BN2O2. The second-order valence-electron chi connectivity index (χ2n) is 23.7. The van der Waals surface area contributed by atoms with Crippen LogP contribution in [0.2, 0.25) is 0 Å². The monoisotopic (exact) mass is 908 g/mol. The summed E-state index contributed by atoms with van der Waals surface area (Å²) in [7, 11) is 0.754. The zero-order valence-electron chi connectivity index (χ0n) is 41.7. The standard InChI is InChI=1S/C65H57BN2O2/c1-62(2,3)38-19-21-39(22-20-38)67-53-35-59-46(47-31-50-51(33-58(47)70-59)64(6,7)26-25-63(50,4)5)30-44(53)41-23-24-42-45-29-43-40-17-13-14-18-48(40)65(8,9)49(43)32-54(45)68-55-27-37-28-56(36-15-11-10-12-16-36)69-57(37)34-52(55)66-60(41)61(42)68/h10-24,27-35,66-67H,25-26H2,1-9H3. The first kappa shape index (κ1) is 41.7. The Labute approximate surface area is 410 Å². The van der Waals surface area contributed by atoms with Gasteiger partial charge in [0.15, 0.2) is 7.28 Å². The summed E-state index contributed by atoms with van der Waals surface area (Å²) >= 11 is 0. The Kier molecular flexibility index (Phi) is 8.33. The molecule has 0 saturated heterocycles. The smallest absolute Gasteiger partial charge is 0.198 e. The van der Waals surface area contributed by atoms with Crippen LogP contribution in [0, 0.1) is 0 Å². The van der Waals surface area contributed by atoms with Crippen LogP contribution >= 0.6 is 0 Å². The summed E-state index contributed by atoms with van der Waals surface area (Å²) in [5.74, 6) is 0.885. The van der Waals surface area contributed by atoms with Gasteiger partial charge in [-0.3, -0.25) is 0 Å². The molecule has 0 atom stereocenters. The largest absolute Gasteiger partial charge is 0.456 e. The molecule has 0 bridgehead atoms. The molecule has 14 rings (SSSR count). The van der Waals surface area contributed by atoms with Gasteiger partial charge in [-0.25, -0.2) is 0 Å². The third-order valence-corrected chi connectivity index (χ3v) is 17.0. The van der Waals surface area contributed by atoms with E-state index in [2.05, 4.69) is 218 Å². The van der Waals surface area contributed by atoms with Crippen molar-refractivity contribution in [3.63, 3.8) is 0 Å². The number of furan rings is 2. The van der Waals surface area contributed by atoms with Crippen molar-refractivity contribution in [1.82, 2.24) is 4.57 Å². The summed E-state index contributed by atoms with van der Waals surface area (Å²) in [5.41, 5.74) is 24.2. The van der Waals surface area contributed by atoms with Crippen molar-refractivity contribution >= 4 is 84.3 Å². The normalized spacial score (nSPS) is 16.1. The number of nitrogens with one attached hydrogen (secondary N) is 1. The molecular weight excluding hydrogens is 852 g/mol. The molecule has 1 N–H and O–H groups in total. The van der Waals surface area contributed by atoms with E-state index in [0.717, 1.165) is 75.9 Å². The Hall–Kier alpha value is -7.24. The fourth-order valence-electron chi connectivity index (χ4n) is 12.9. The fourth-order valence-corrected chi connectivity index (χ4v) is 12.9. The Bertz CT molecular complexity index is 4060. The maximum atomic E-state index is 6.96. The lowest BCUT2D eigenvalue weighted by Gasteiger charge is -2.41. The van der Waals surface area contributed by atoms with Gasteiger partial charge in [0.05, 0.1) is 11.2 Å². The summed E-state index contributed by atoms with van der Waals surface area (Å²) < 4.78 is 16.3. The Morgan fingerprint density at radius 2 is 1.24 bits per heavy atom. The van der Waals surface area contributed by atoms with Gasteiger partial charge in [0.1, 0.15) is 22.5 Å². The molecule has 0 unspecified atom stereocenters. The average Bonchev–Trinajstić information content (AvgIpc) is 4.07. The molecule has 3 aromatic heterocycles. The lowest BCUT2D eigenvalue weighted by atomic mass is 9.59. The molecule has 0 fully saturated rings. The molecule has 0 saturated carbocycles. The lowest BCUT2D eigenvalue weighted by Crippen LogP contribution is -2.37. The molecule has 0 radical (unpaired) electrons. The van der Waals surface area contributed by atoms with E-state index in [1.54, 1.807) is 0 Å². The highest BCUT2D eigenvalue weighted by molar-refractivity contribution is 6.73. The zero-order valence-corrected chi connectivity index (χ0v) is 41.7. The van der Waals surface area contributed by atoms with Gasteiger partial charge in [-0.2, -0.15) is 0 Å². The van der Waals surface area contributed by atoms with E-state index >= 15 is 0 Å². The molecule has 342 valence electrons. The van der Waals surface area contributed by atoms with Crippen molar-refractivity contribution in [2.45, 2.75) is 96.8 Å². The SMILES string of the molecule is CC(C)(C)c1ccc(Nc2cc3oc4cc5c(cc4c3cc2-c2ccc3c4cc6c(cc4n4c3c2Bc2cc3oc(-c7ccccc7)cc3cc2-4)C(C)(C)c2ccccc2-6)C(C)(C)CCC5(C)C)cc1. The Morgan fingerprint density at radius 3 is 2.01 bits per heavy atom. The van der Waals surface area contributed by atoms with Crippen LogP contribution in [0.3, 0.4) is 0 Å². The number of hydrogen-bond donors (Lipinski definition) is 1. The van der Waals surface area contributed by atoms with E-state index in [4.69, 9.17) is 8.83 Å². The van der Waals surface area contributed by atoms with Crippen LogP contribution in [0.25, 0.3) is 94.0 Å². The summed E-state index contributed by atoms with van der Waals surface area (Å²) in [4.78, 5) is 0. The summed E-state index contributed by atoms with van der Waals surface area (Å²) in [6, 6.07) is 54.7. The van der Waals surface area contributed by atoms with Crippen LogP contribution in [-0.4, -0.2) is 11.8 Å². The van der Waals surface area contributed by atoms with Crippen LogP contribution in [0.1, 0.15) is 103 Å². The predicted molar refractivity (Wildman–Crippen MR) is 296 cm³/mol. The van der Waals surface area contributed by atoms with Gasteiger partial charge in [0.25, 0.3) is 0 Å². The maximum Gasteiger partial charge on any atom is 0.198 e.